The third-order valence-corrected chi connectivity index (χ3v) is 2.69. The summed E-state index contributed by atoms with van der Waals surface area (Å²) in [6, 6.07) is 0. The Morgan fingerprint density at radius 1 is 1.36 bits per heavy atom. The van der Waals surface area contributed by atoms with Gasteiger partial charge in [0.2, 0.25) is 5.67 Å². The molecular formula is C5H5F5S. The molecule has 0 aromatic rings. The first kappa shape index (κ1) is 9.09. The smallest absolute Gasteiger partial charge is 0.243 e. The van der Waals surface area contributed by atoms with Gasteiger partial charge in [-0.15, -0.1) is 11.8 Å². The lowest BCUT2D eigenvalue weighted by Gasteiger charge is -2.21. The van der Waals surface area contributed by atoms with Crippen LogP contribution in [-0.4, -0.2) is 29.5 Å². The molecule has 0 aliphatic carbocycles. The van der Waals surface area contributed by atoms with E-state index in [-0.39, 0.29) is 11.8 Å². The number of halogens is 5. The van der Waals surface area contributed by atoms with Crippen molar-refractivity contribution in [2.45, 2.75) is 23.8 Å². The zero-order valence-electron chi connectivity index (χ0n) is 5.24. The minimum absolute atomic E-state index is 0.244. The highest BCUT2D eigenvalue weighted by molar-refractivity contribution is 8.00. The van der Waals surface area contributed by atoms with E-state index in [1.165, 1.54) is 0 Å². The Kier molecular flexibility index (Phi) is 2.32. The predicted octanol–water partition coefficient (Wildman–Crippen LogP) is 2.34. The molecule has 6 heteroatoms. The van der Waals surface area contributed by atoms with Crippen molar-refractivity contribution in [1.82, 2.24) is 0 Å². The molecule has 11 heavy (non-hydrogen) atoms. The first-order valence-corrected chi connectivity index (χ1v) is 3.91. The summed E-state index contributed by atoms with van der Waals surface area (Å²) in [6.07, 6.45) is -6.00. The van der Waals surface area contributed by atoms with Crippen molar-refractivity contribution in [3.05, 3.63) is 0 Å². The Hall–Kier alpha value is -0.0000000000000000555. The summed E-state index contributed by atoms with van der Waals surface area (Å²) in [7, 11) is 0. The zero-order valence-corrected chi connectivity index (χ0v) is 6.05. The Balaban J connectivity index is 2.80. The number of alkyl halides is 5. The van der Waals surface area contributed by atoms with Crippen LogP contribution in [0.15, 0.2) is 0 Å². The molecule has 0 aromatic carbocycles. The lowest BCUT2D eigenvalue weighted by atomic mass is 10.0. The molecule has 1 aliphatic rings. The first-order valence-electron chi connectivity index (χ1n) is 2.86. The highest BCUT2D eigenvalue weighted by Gasteiger charge is 2.60. The van der Waals surface area contributed by atoms with E-state index < -0.39 is 29.5 Å². The number of rotatable bonds is 1. The molecule has 1 rings (SSSR count). The molecule has 0 nitrogen and oxygen atoms in total. The van der Waals surface area contributed by atoms with Gasteiger partial charge >= 0.3 is 0 Å². The Morgan fingerprint density at radius 3 is 2.09 bits per heavy atom. The van der Waals surface area contributed by atoms with Crippen LogP contribution in [0.3, 0.4) is 0 Å². The van der Waals surface area contributed by atoms with Crippen LogP contribution in [0.5, 0.6) is 0 Å². The quantitative estimate of drug-likeness (QED) is 0.574. The van der Waals surface area contributed by atoms with Gasteiger partial charge in [-0.25, -0.2) is 22.0 Å². The van der Waals surface area contributed by atoms with E-state index in [4.69, 9.17) is 0 Å². The van der Waals surface area contributed by atoms with Crippen LogP contribution >= 0.6 is 11.8 Å². The van der Waals surface area contributed by atoms with Gasteiger partial charge in [-0.1, -0.05) is 0 Å². The van der Waals surface area contributed by atoms with Crippen LogP contribution in [0.25, 0.3) is 0 Å². The summed E-state index contributed by atoms with van der Waals surface area (Å²) < 4.78 is 60.9. The molecule has 1 aliphatic heterocycles. The summed E-state index contributed by atoms with van der Waals surface area (Å²) in [4.78, 5) is 0. The molecule has 3 atom stereocenters. The molecule has 66 valence electrons. The summed E-state index contributed by atoms with van der Waals surface area (Å²) in [5.41, 5.74) is -6.04. The fourth-order valence-corrected chi connectivity index (χ4v) is 1.90. The first-order chi connectivity index (χ1) is 4.99. The van der Waals surface area contributed by atoms with Gasteiger partial charge in [-0.3, -0.25) is 0 Å². The molecular weight excluding hydrogens is 187 g/mol. The van der Waals surface area contributed by atoms with E-state index in [1.54, 1.807) is 0 Å². The van der Waals surface area contributed by atoms with Crippen LogP contribution in [0.4, 0.5) is 22.0 Å². The van der Waals surface area contributed by atoms with Crippen LogP contribution in [0, 0.1) is 0 Å². The summed E-state index contributed by atoms with van der Waals surface area (Å²) >= 11 is 0.244. The molecule has 0 amide bonds. The highest BCUT2D eigenvalue weighted by atomic mass is 32.2. The zero-order chi connectivity index (χ0) is 8.65. The Morgan fingerprint density at radius 2 is 1.91 bits per heavy atom. The Labute approximate surface area is 64.1 Å². The van der Waals surface area contributed by atoms with Crippen molar-refractivity contribution in [1.29, 1.82) is 0 Å². The maximum Gasteiger partial charge on any atom is 0.278 e. The monoisotopic (exact) mass is 192 g/mol. The van der Waals surface area contributed by atoms with Gasteiger partial charge in [-0.05, 0) is 0 Å². The minimum atomic E-state index is -3.59. The van der Waals surface area contributed by atoms with Crippen LogP contribution in [-0.2, 0) is 0 Å². The lowest BCUT2D eigenvalue weighted by molar-refractivity contribution is -0.0909. The molecule has 1 fully saturated rings. The third kappa shape index (κ3) is 1.21. The van der Waals surface area contributed by atoms with Crippen molar-refractivity contribution in [2.75, 3.05) is 5.75 Å². The SMILES string of the molecule is FC(F)C1(F)C(F)CSC1F. The third-order valence-electron chi connectivity index (χ3n) is 1.55. The van der Waals surface area contributed by atoms with E-state index >= 15 is 0 Å². The van der Waals surface area contributed by atoms with E-state index in [2.05, 4.69) is 0 Å². The van der Waals surface area contributed by atoms with E-state index in [1.807, 2.05) is 0 Å². The molecule has 0 radical (unpaired) electrons. The van der Waals surface area contributed by atoms with Crippen molar-refractivity contribution in [3.8, 4) is 0 Å². The van der Waals surface area contributed by atoms with Crippen molar-refractivity contribution in [3.63, 3.8) is 0 Å². The second-order valence-corrected chi connectivity index (χ2v) is 3.33. The topological polar surface area (TPSA) is 0 Å². The normalized spacial score (nSPS) is 45.3. The van der Waals surface area contributed by atoms with Gasteiger partial charge in [0.25, 0.3) is 6.43 Å². The maximum atomic E-state index is 12.7. The molecule has 3 unspecified atom stereocenters. The lowest BCUT2D eigenvalue weighted by Crippen LogP contribution is -2.44. The summed E-state index contributed by atoms with van der Waals surface area (Å²) in [5.74, 6) is -0.540. The maximum absolute atomic E-state index is 12.7. The summed E-state index contributed by atoms with van der Waals surface area (Å²) in [6.45, 7) is 0. The largest absolute Gasteiger partial charge is 0.278 e. The van der Waals surface area contributed by atoms with Crippen molar-refractivity contribution >= 4 is 11.8 Å². The summed E-state index contributed by atoms with van der Waals surface area (Å²) in [5, 5.41) is 0. The number of thioether (sulfide) groups is 1. The molecule has 0 spiro atoms. The van der Waals surface area contributed by atoms with Gasteiger partial charge in [0.05, 0.1) is 0 Å². The van der Waals surface area contributed by atoms with Crippen molar-refractivity contribution < 1.29 is 22.0 Å². The minimum Gasteiger partial charge on any atom is -0.243 e. The average molecular weight is 192 g/mol. The van der Waals surface area contributed by atoms with Gasteiger partial charge < -0.3 is 0 Å². The van der Waals surface area contributed by atoms with Gasteiger partial charge in [-0.2, -0.15) is 0 Å². The van der Waals surface area contributed by atoms with Gasteiger partial charge in [0.1, 0.15) is 0 Å². The molecule has 1 saturated heterocycles. The van der Waals surface area contributed by atoms with Crippen LogP contribution in [0.2, 0.25) is 0 Å². The van der Waals surface area contributed by atoms with E-state index in [0.717, 1.165) is 0 Å². The van der Waals surface area contributed by atoms with E-state index in [9.17, 15) is 22.0 Å². The molecule has 0 saturated carbocycles. The standard InChI is InChI=1S/C5H5F5S/c6-2-1-11-4(9)5(2,10)3(7)8/h2-4H,1H2. The van der Waals surface area contributed by atoms with Gasteiger partial charge in [0.15, 0.2) is 11.7 Å². The number of hydrogen-bond acceptors (Lipinski definition) is 1. The van der Waals surface area contributed by atoms with Crippen LogP contribution < -0.4 is 0 Å². The fraction of sp³-hybridized carbons (Fsp3) is 1.00. The second kappa shape index (κ2) is 2.80. The molecule has 0 N–H and O–H groups in total. The average Bonchev–Trinajstić information content (AvgIpc) is 2.18. The molecule has 1 heterocycles. The number of hydrogen-bond donors (Lipinski definition) is 0. The highest BCUT2D eigenvalue weighted by Crippen LogP contribution is 2.45. The fourth-order valence-electron chi connectivity index (χ4n) is 0.802. The molecule has 0 bridgehead atoms. The van der Waals surface area contributed by atoms with Gasteiger partial charge in [0, 0.05) is 5.75 Å². The Bertz CT molecular complexity index is 140. The van der Waals surface area contributed by atoms with Crippen molar-refractivity contribution in [2.24, 2.45) is 0 Å². The van der Waals surface area contributed by atoms with Crippen LogP contribution in [0.1, 0.15) is 0 Å². The second-order valence-electron chi connectivity index (χ2n) is 2.24. The predicted molar refractivity (Wildman–Crippen MR) is 32.1 cm³/mol. The van der Waals surface area contributed by atoms with E-state index in [0.29, 0.717) is 0 Å². The molecule has 0 aromatic heterocycles.